The van der Waals surface area contributed by atoms with Crippen LogP contribution < -0.4 is 0 Å². The predicted molar refractivity (Wildman–Crippen MR) is 77.5 cm³/mol. The van der Waals surface area contributed by atoms with E-state index in [1.165, 1.54) is 6.26 Å². The number of carbonyl (C=O) groups excluding carboxylic acids is 1. The third-order valence-corrected chi connectivity index (χ3v) is 3.29. The normalized spacial score (nSPS) is 10.4. The lowest BCUT2D eigenvalue weighted by atomic mass is 10.0. The van der Waals surface area contributed by atoms with Gasteiger partial charge in [0.15, 0.2) is 0 Å². The number of carboxylic acids is 1. The van der Waals surface area contributed by atoms with Crippen LogP contribution in [0.5, 0.6) is 0 Å². The lowest BCUT2D eigenvalue weighted by molar-refractivity contribution is 0.0695. The zero-order valence-electron chi connectivity index (χ0n) is 12.0. The van der Waals surface area contributed by atoms with Gasteiger partial charge in [-0.3, -0.25) is 4.79 Å². The maximum atomic E-state index is 12.1. The number of hydrogen-bond acceptors (Lipinski definition) is 3. The predicted octanol–water partition coefficient (Wildman–Crippen LogP) is 2.60. The van der Waals surface area contributed by atoms with E-state index in [0.717, 1.165) is 0 Å². The molecule has 0 aliphatic rings. The van der Waals surface area contributed by atoms with Gasteiger partial charge in [-0.05, 0) is 31.0 Å². The van der Waals surface area contributed by atoms with E-state index in [1.54, 1.807) is 49.2 Å². The summed E-state index contributed by atoms with van der Waals surface area (Å²) in [6.07, 6.45) is 1.92. The first-order valence-corrected chi connectivity index (χ1v) is 6.61. The fourth-order valence-electron chi connectivity index (χ4n) is 2.11. The zero-order chi connectivity index (χ0) is 15.4. The molecule has 1 N–H and O–H groups in total. The van der Waals surface area contributed by atoms with Crippen LogP contribution in [0, 0.1) is 6.92 Å². The Morgan fingerprint density at radius 2 is 2.00 bits per heavy atom. The molecule has 0 spiro atoms. The van der Waals surface area contributed by atoms with Gasteiger partial charge in [0, 0.05) is 13.6 Å². The van der Waals surface area contributed by atoms with Crippen LogP contribution >= 0.6 is 0 Å². The minimum atomic E-state index is -0.954. The maximum Gasteiger partial charge on any atom is 0.335 e. The minimum absolute atomic E-state index is 0.139. The van der Waals surface area contributed by atoms with E-state index in [1.807, 2.05) is 0 Å². The molecule has 0 saturated carbocycles. The van der Waals surface area contributed by atoms with Gasteiger partial charge in [-0.25, -0.2) is 4.79 Å². The van der Waals surface area contributed by atoms with Gasteiger partial charge in [0.1, 0.15) is 12.0 Å². The Balaban J connectivity index is 2.03. The fraction of sp³-hybridized carbons (Fsp3) is 0.250. The first-order chi connectivity index (χ1) is 9.99. The molecule has 0 fully saturated rings. The van der Waals surface area contributed by atoms with Crippen molar-refractivity contribution in [3.63, 3.8) is 0 Å². The average molecular weight is 287 g/mol. The number of amides is 1. The molecular formula is C16H17NO4. The third-order valence-electron chi connectivity index (χ3n) is 3.29. The van der Waals surface area contributed by atoms with Crippen molar-refractivity contribution in [2.24, 2.45) is 0 Å². The topological polar surface area (TPSA) is 70.8 Å². The van der Waals surface area contributed by atoms with E-state index in [9.17, 15) is 9.59 Å². The van der Waals surface area contributed by atoms with Gasteiger partial charge >= 0.3 is 5.97 Å². The van der Waals surface area contributed by atoms with Crippen molar-refractivity contribution in [3.8, 4) is 0 Å². The molecule has 110 valence electrons. The van der Waals surface area contributed by atoms with Crippen LogP contribution in [-0.2, 0) is 6.42 Å². The van der Waals surface area contributed by atoms with Gasteiger partial charge in [0.2, 0.25) is 0 Å². The van der Waals surface area contributed by atoms with Gasteiger partial charge in [0.05, 0.1) is 11.1 Å². The molecule has 0 aliphatic carbocycles. The molecule has 21 heavy (non-hydrogen) atoms. The Kier molecular flexibility index (Phi) is 4.42. The average Bonchev–Trinajstić information content (AvgIpc) is 2.90. The number of carbonyl (C=O) groups is 2. The lowest BCUT2D eigenvalue weighted by Crippen LogP contribution is -2.28. The van der Waals surface area contributed by atoms with E-state index in [2.05, 4.69) is 0 Å². The van der Waals surface area contributed by atoms with E-state index < -0.39 is 5.97 Å². The molecule has 1 aromatic carbocycles. The summed E-state index contributed by atoms with van der Waals surface area (Å²) in [6, 6.07) is 8.51. The van der Waals surface area contributed by atoms with E-state index in [0.29, 0.717) is 29.9 Å². The first-order valence-electron chi connectivity index (χ1n) is 6.61. The molecule has 0 bridgehead atoms. The second-order valence-corrected chi connectivity index (χ2v) is 4.89. The molecule has 0 atom stereocenters. The number of aryl methyl sites for hydroxylation is 1. The van der Waals surface area contributed by atoms with Crippen LogP contribution in [0.1, 0.15) is 32.0 Å². The summed E-state index contributed by atoms with van der Waals surface area (Å²) in [7, 11) is 1.69. The van der Waals surface area contributed by atoms with Crippen LogP contribution in [0.2, 0.25) is 0 Å². The molecule has 5 nitrogen and oxygen atoms in total. The van der Waals surface area contributed by atoms with Gasteiger partial charge in [0.25, 0.3) is 5.91 Å². The molecular weight excluding hydrogens is 270 g/mol. The number of hydrogen-bond donors (Lipinski definition) is 1. The molecule has 0 radical (unpaired) electrons. The fourth-order valence-corrected chi connectivity index (χ4v) is 2.11. The Labute approximate surface area is 122 Å². The van der Waals surface area contributed by atoms with Crippen molar-refractivity contribution in [1.29, 1.82) is 0 Å². The van der Waals surface area contributed by atoms with Crippen LogP contribution in [0.15, 0.2) is 41.0 Å². The number of rotatable bonds is 5. The number of furan rings is 1. The monoisotopic (exact) mass is 287 g/mol. The maximum absolute atomic E-state index is 12.1. The van der Waals surface area contributed by atoms with Gasteiger partial charge in [-0.1, -0.05) is 18.2 Å². The number of aromatic carboxylic acids is 1. The van der Waals surface area contributed by atoms with Crippen molar-refractivity contribution in [3.05, 3.63) is 59.0 Å². The van der Waals surface area contributed by atoms with Crippen LogP contribution in [0.4, 0.5) is 0 Å². The van der Waals surface area contributed by atoms with Crippen molar-refractivity contribution in [1.82, 2.24) is 4.90 Å². The largest absolute Gasteiger partial charge is 0.478 e. The number of likely N-dealkylation sites (N-methyl/N-ethyl adjacent to an activating group) is 1. The summed E-state index contributed by atoms with van der Waals surface area (Å²) in [5.74, 6) is -0.410. The highest BCUT2D eigenvalue weighted by Gasteiger charge is 2.15. The third kappa shape index (κ3) is 3.51. The second kappa shape index (κ2) is 6.26. The van der Waals surface area contributed by atoms with Crippen molar-refractivity contribution in [2.45, 2.75) is 13.3 Å². The minimum Gasteiger partial charge on any atom is -0.478 e. The number of benzene rings is 1. The quantitative estimate of drug-likeness (QED) is 0.917. The van der Waals surface area contributed by atoms with Crippen molar-refractivity contribution >= 4 is 11.9 Å². The van der Waals surface area contributed by atoms with Crippen LogP contribution in [0.25, 0.3) is 0 Å². The summed E-state index contributed by atoms with van der Waals surface area (Å²) in [4.78, 5) is 24.8. The zero-order valence-corrected chi connectivity index (χ0v) is 12.0. The van der Waals surface area contributed by atoms with Gasteiger partial charge in [-0.2, -0.15) is 0 Å². The molecule has 0 saturated heterocycles. The van der Waals surface area contributed by atoms with E-state index in [-0.39, 0.29) is 11.5 Å². The highest BCUT2D eigenvalue weighted by atomic mass is 16.4. The Morgan fingerprint density at radius 3 is 2.62 bits per heavy atom. The summed E-state index contributed by atoms with van der Waals surface area (Å²) < 4.78 is 5.12. The molecule has 2 aromatic rings. The Morgan fingerprint density at radius 1 is 1.29 bits per heavy atom. The molecule has 1 amide bonds. The molecule has 5 heteroatoms. The van der Waals surface area contributed by atoms with Gasteiger partial charge < -0.3 is 14.4 Å². The van der Waals surface area contributed by atoms with E-state index in [4.69, 9.17) is 9.52 Å². The summed E-state index contributed by atoms with van der Waals surface area (Å²) >= 11 is 0. The molecule has 2 rings (SSSR count). The summed E-state index contributed by atoms with van der Waals surface area (Å²) in [5, 5.41) is 9.13. The number of carboxylic acid groups (broad SMARTS) is 1. The first kappa shape index (κ1) is 14.8. The summed E-state index contributed by atoms with van der Waals surface area (Å²) in [6.45, 7) is 2.22. The number of nitrogens with zero attached hydrogens (tertiary/aromatic N) is 1. The van der Waals surface area contributed by atoms with Crippen LogP contribution in [-0.4, -0.2) is 35.5 Å². The Hall–Kier alpha value is -2.56. The molecule has 0 aliphatic heterocycles. The Bertz CT molecular complexity index is 660. The second-order valence-electron chi connectivity index (χ2n) is 4.89. The van der Waals surface area contributed by atoms with Crippen molar-refractivity contribution < 1.29 is 19.1 Å². The van der Waals surface area contributed by atoms with Crippen LogP contribution in [0.3, 0.4) is 0 Å². The molecule has 0 unspecified atom stereocenters. The SMILES string of the molecule is Cc1cc(C(=O)N(C)CCc2ccccc2C(=O)O)co1. The van der Waals surface area contributed by atoms with Crippen molar-refractivity contribution in [2.75, 3.05) is 13.6 Å². The lowest BCUT2D eigenvalue weighted by Gasteiger charge is -2.16. The standard InChI is InChI=1S/C16H17NO4/c1-11-9-13(10-21-11)15(18)17(2)8-7-12-5-3-4-6-14(12)16(19)20/h3-6,9-10H,7-8H2,1-2H3,(H,19,20). The molecule has 1 aromatic heterocycles. The molecule has 1 heterocycles. The smallest absolute Gasteiger partial charge is 0.335 e. The summed E-state index contributed by atoms with van der Waals surface area (Å²) in [5.41, 5.74) is 1.49. The van der Waals surface area contributed by atoms with E-state index >= 15 is 0 Å². The van der Waals surface area contributed by atoms with Gasteiger partial charge in [-0.15, -0.1) is 0 Å². The highest BCUT2D eigenvalue weighted by molar-refractivity contribution is 5.94. The highest BCUT2D eigenvalue weighted by Crippen LogP contribution is 2.12.